The molecule has 6 heteroatoms. The van der Waals surface area contributed by atoms with Crippen LogP contribution in [0.2, 0.25) is 0 Å². The largest absolute Gasteiger partial charge is 0.390 e. The van der Waals surface area contributed by atoms with Crippen LogP contribution < -0.4 is 10.6 Å². The first-order valence-corrected chi connectivity index (χ1v) is 4.60. The molecule has 14 heavy (non-hydrogen) atoms. The van der Waals surface area contributed by atoms with Gasteiger partial charge in [0.05, 0.1) is 12.6 Å². The minimum atomic E-state index is -0.474. The molecule has 3 amide bonds. The maximum atomic E-state index is 11.1. The number of carbonyl (C=O) groups is 2. The van der Waals surface area contributed by atoms with Crippen LogP contribution in [0.15, 0.2) is 0 Å². The Balaban J connectivity index is 2.13. The molecule has 1 heterocycles. The number of rotatable bonds is 3. The standard InChI is InChI=1S/C8H15N3O3/c1-2-9-8(14)10-7(13)5-11-3-6(12)4-11/h6,12H,2-5H2,1H3,(H2,9,10,13,14). The van der Waals surface area contributed by atoms with E-state index in [0.717, 1.165) is 0 Å². The number of hydrogen-bond donors (Lipinski definition) is 3. The highest BCUT2D eigenvalue weighted by molar-refractivity contribution is 5.95. The Bertz CT molecular complexity index is 226. The molecule has 0 saturated carbocycles. The summed E-state index contributed by atoms with van der Waals surface area (Å²) in [6, 6.07) is -0.474. The molecular weight excluding hydrogens is 186 g/mol. The summed E-state index contributed by atoms with van der Waals surface area (Å²) in [6.07, 6.45) is -0.327. The summed E-state index contributed by atoms with van der Waals surface area (Å²) in [4.78, 5) is 23.8. The number of hydrogen-bond acceptors (Lipinski definition) is 4. The number of nitrogens with one attached hydrogen (secondary N) is 2. The topological polar surface area (TPSA) is 81.7 Å². The third kappa shape index (κ3) is 3.31. The van der Waals surface area contributed by atoms with Gasteiger partial charge in [-0.1, -0.05) is 0 Å². The minimum Gasteiger partial charge on any atom is -0.390 e. The van der Waals surface area contributed by atoms with Crippen molar-refractivity contribution in [2.24, 2.45) is 0 Å². The summed E-state index contributed by atoms with van der Waals surface area (Å²) < 4.78 is 0. The number of nitrogens with zero attached hydrogens (tertiary/aromatic N) is 1. The van der Waals surface area contributed by atoms with Gasteiger partial charge in [0.1, 0.15) is 0 Å². The molecule has 80 valence electrons. The van der Waals surface area contributed by atoms with Crippen LogP contribution in [-0.4, -0.2) is 54.2 Å². The number of aliphatic hydroxyl groups excluding tert-OH is 1. The van der Waals surface area contributed by atoms with E-state index in [4.69, 9.17) is 5.11 Å². The fraction of sp³-hybridized carbons (Fsp3) is 0.750. The van der Waals surface area contributed by atoms with Gasteiger partial charge in [0.15, 0.2) is 0 Å². The molecule has 6 nitrogen and oxygen atoms in total. The lowest BCUT2D eigenvalue weighted by molar-refractivity contribution is -0.123. The number of amides is 3. The van der Waals surface area contributed by atoms with Crippen molar-refractivity contribution in [2.75, 3.05) is 26.2 Å². The van der Waals surface area contributed by atoms with E-state index in [-0.39, 0.29) is 18.6 Å². The molecule has 1 saturated heterocycles. The van der Waals surface area contributed by atoms with Gasteiger partial charge in [-0.2, -0.15) is 0 Å². The normalized spacial score (nSPS) is 17.3. The molecule has 0 radical (unpaired) electrons. The minimum absolute atomic E-state index is 0.161. The Kier molecular flexibility index (Phi) is 3.84. The predicted octanol–water partition coefficient (Wildman–Crippen LogP) is -1.49. The van der Waals surface area contributed by atoms with Crippen LogP contribution >= 0.6 is 0 Å². The molecule has 0 aromatic heterocycles. The number of aliphatic hydroxyl groups is 1. The number of likely N-dealkylation sites (tertiary alicyclic amines) is 1. The summed E-state index contributed by atoms with van der Waals surface area (Å²) in [5.74, 6) is -0.345. The molecule has 1 aliphatic heterocycles. The van der Waals surface area contributed by atoms with E-state index >= 15 is 0 Å². The first kappa shape index (κ1) is 10.9. The van der Waals surface area contributed by atoms with Crippen molar-refractivity contribution in [1.29, 1.82) is 0 Å². The Morgan fingerprint density at radius 1 is 1.50 bits per heavy atom. The van der Waals surface area contributed by atoms with Crippen LogP contribution in [0.4, 0.5) is 4.79 Å². The van der Waals surface area contributed by atoms with Crippen LogP contribution in [0.25, 0.3) is 0 Å². The summed E-state index contributed by atoms with van der Waals surface area (Å²) in [5.41, 5.74) is 0. The lowest BCUT2D eigenvalue weighted by Crippen LogP contribution is -2.55. The molecule has 0 aromatic rings. The second kappa shape index (κ2) is 4.92. The predicted molar refractivity (Wildman–Crippen MR) is 49.7 cm³/mol. The first-order valence-electron chi connectivity index (χ1n) is 4.60. The van der Waals surface area contributed by atoms with Crippen LogP contribution in [-0.2, 0) is 4.79 Å². The average molecular weight is 201 g/mol. The molecular formula is C8H15N3O3. The highest BCUT2D eigenvalue weighted by atomic mass is 16.3. The zero-order chi connectivity index (χ0) is 10.6. The summed E-state index contributed by atoms with van der Waals surface area (Å²) in [5, 5.41) is 13.6. The monoisotopic (exact) mass is 201 g/mol. The zero-order valence-corrected chi connectivity index (χ0v) is 8.12. The molecule has 1 fully saturated rings. The quantitative estimate of drug-likeness (QED) is 0.519. The lowest BCUT2D eigenvalue weighted by atomic mass is 10.2. The van der Waals surface area contributed by atoms with Crippen LogP contribution in [0, 0.1) is 0 Å². The number of urea groups is 1. The SMILES string of the molecule is CCNC(=O)NC(=O)CN1CC(O)C1. The molecule has 0 bridgehead atoms. The van der Waals surface area contributed by atoms with Crippen LogP contribution in [0.5, 0.6) is 0 Å². The molecule has 1 rings (SSSR count). The van der Waals surface area contributed by atoms with Gasteiger partial charge in [0.2, 0.25) is 5.91 Å². The van der Waals surface area contributed by atoms with Crippen molar-refractivity contribution in [2.45, 2.75) is 13.0 Å². The molecule has 0 aromatic carbocycles. The highest BCUT2D eigenvalue weighted by Crippen LogP contribution is 2.05. The smallest absolute Gasteiger partial charge is 0.321 e. The average Bonchev–Trinajstić information content (AvgIpc) is 2.01. The zero-order valence-electron chi connectivity index (χ0n) is 8.12. The van der Waals surface area contributed by atoms with Crippen molar-refractivity contribution >= 4 is 11.9 Å². The summed E-state index contributed by atoms with van der Waals surface area (Å²) >= 11 is 0. The van der Waals surface area contributed by atoms with E-state index in [1.165, 1.54) is 0 Å². The number of carbonyl (C=O) groups excluding carboxylic acids is 2. The van der Waals surface area contributed by atoms with Gasteiger partial charge in [0.25, 0.3) is 0 Å². The number of imide groups is 1. The Hall–Kier alpha value is -1.14. The summed E-state index contributed by atoms with van der Waals surface area (Å²) in [7, 11) is 0. The molecule has 1 aliphatic rings. The van der Waals surface area contributed by atoms with Crippen LogP contribution in [0.1, 0.15) is 6.92 Å². The van der Waals surface area contributed by atoms with Gasteiger partial charge >= 0.3 is 6.03 Å². The maximum Gasteiger partial charge on any atom is 0.321 e. The molecule has 0 atom stereocenters. The van der Waals surface area contributed by atoms with Crippen LogP contribution in [0.3, 0.4) is 0 Å². The second-order valence-corrected chi connectivity index (χ2v) is 3.26. The lowest BCUT2D eigenvalue weighted by Gasteiger charge is -2.34. The molecule has 0 unspecified atom stereocenters. The van der Waals surface area contributed by atoms with Gasteiger partial charge in [-0.05, 0) is 6.92 Å². The first-order chi connectivity index (χ1) is 6.61. The van der Waals surface area contributed by atoms with Crippen molar-refractivity contribution in [3.8, 4) is 0 Å². The summed E-state index contributed by atoms with van der Waals surface area (Å²) in [6.45, 7) is 3.43. The van der Waals surface area contributed by atoms with E-state index in [2.05, 4.69) is 10.6 Å². The van der Waals surface area contributed by atoms with Crippen molar-refractivity contribution in [1.82, 2.24) is 15.5 Å². The Labute approximate surface area is 82.3 Å². The fourth-order valence-electron chi connectivity index (χ4n) is 1.25. The molecule has 3 N–H and O–H groups in total. The molecule has 0 spiro atoms. The van der Waals surface area contributed by atoms with Crippen molar-refractivity contribution in [3.05, 3.63) is 0 Å². The van der Waals surface area contributed by atoms with E-state index in [9.17, 15) is 9.59 Å². The van der Waals surface area contributed by atoms with E-state index in [1.54, 1.807) is 11.8 Å². The second-order valence-electron chi connectivity index (χ2n) is 3.26. The Morgan fingerprint density at radius 2 is 2.14 bits per heavy atom. The van der Waals surface area contributed by atoms with E-state index in [1.807, 2.05) is 0 Å². The van der Waals surface area contributed by atoms with Crippen molar-refractivity contribution < 1.29 is 14.7 Å². The van der Waals surface area contributed by atoms with Gasteiger partial charge in [-0.25, -0.2) is 4.79 Å². The molecule has 0 aliphatic carbocycles. The van der Waals surface area contributed by atoms with E-state index in [0.29, 0.717) is 19.6 Å². The van der Waals surface area contributed by atoms with Gasteiger partial charge in [-0.3, -0.25) is 15.0 Å². The fourth-order valence-corrected chi connectivity index (χ4v) is 1.25. The number of β-amino-alcohol motifs (C(OH)–C–C–N with tert-alkyl or cyclic N) is 1. The van der Waals surface area contributed by atoms with E-state index < -0.39 is 6.03 Å². The van der Waals surface area contributed by atoms with Crippen molar-refractivity contribution in [3.63, 3.8) is 0 Å². The Morgan fingerprint density at radius 3 is 2.64 bits per heavy atom. The maximum absolute atomic E-state index is 11.1. The highest BCUT2D eigenvalue weighted by Gasteiger charge is 2.26. The van der Waals surface area contributed by atoms with Gasteiger partial charge < -0.3 is 10.4 Å². The van der Waals surface area contributed by atoms with Gasteiger partial charge in [0, 0.05) is 19.6 Å². The third-order valence-corrected chi connectivity index (χ3v) is 1.90. The third-order valence-electron chi connectivity index (χ3n) is 1.90. The van der Waals surface area contributed by atoms with Gasteiger partial charge in [-0.15, -0.1) is 0 Å².